The number of imidazole rings is 1. The van der Waals surface area contributed by atoms with Gasteiger partial charge in [0.25, 0.3) is 0 Å². The molecule has 0 unspecified atom stereocenters. The molecule has 1 saturated carbocycles. The number of carboxylic acid groups (broad SMARTS) is 1. The maximum Gasteiger partial charge on any atom is 0.434 e. The number of H-pyrrole nitrogens is 1. The molecule has 0 aromatic carbocycles. The summed E-state index contributed by atoms with van der Waals surface area (Å²) in [7, 11) is 0. The van der Waals surface area contributed by atoms with Crippen LogP contribution >= 0.6 is 0 Å². The molecule has 4 rings (SSSR count). The molecule has 2 saturated heterocycles. The predicted octanol–water partition coefficient (Wildman–Crippen LogP) is 3.14. The van der Waals surface area contributed by atoms with Crippen molar-refractivity contribution in [3.05, 3.63) is 17.7 Å². The molecular formula is C17H23F3N4O2. The number of halogens is 3. The fourth-order valence-electron chi connectivity index (χ4n) is 4.86. The lowest BCUT2D eigenvalue weighted by Crippen LogP contribution is -2.54. The van der Waals surface area contributed by atoms with Crippen LogP contribution in [0.3, 0.4) is 0 Å². The van der Waals surface area contributed by atoms with Crippen LogP contribution in [-0.2, 0) is 6.18 Å². The fourth-order valence-corrected chi connectivity index (χ4v) is 4.86. The molecule has 0 bridgehead atoms. The second-order valence-corrected chi connectivity index (χ2v) is 8.00. The minimum Gasteiger partial charge on any atom is -0.465 e. The average Bonchev–Trinajstić information content (AvgIpc) is 3.21. The van der Waals surface area contributed by atoms with Gasteiger partial charge in [-0.2, -0.15) is 13.2 Å². The number of hydrogen-bond donors (Lipinski definition) is 2. The molecule has 2 aliphatic heterocycles. The summed E-state index contributed by atoms with van der Waals surface area (Å²) >= 11 is 0. The third kappa shape index (κ3) is 3.17. The Morgan fingerprint density at radius 3 is 2.50 bits per heavy atom. The third-order valence-electron chi connectivity index (χ3n) is 6.37. The summed E-state index contributed by atoms with van der Waals surface area (Å²) in [6.07, 6.45) is 0.319. The molecule has 9 heteroatoms. The van der Waals surface area contributed by atoms with Crippen molar-refractivity contribution in [2.45, 2.75) is 50.2 Å². The Morgan fingerprint density at radius 1 is 1.27 bits per heavy atom. The standard InChI is InChI=1S/C17H23F3N4O2/c18-17(19,20)13-9-21-14(22-13)11-1-4-23(5-2-11)12-7-16(8-12)3-6-24(10-16)15(25)26/h9,11-12H,1-8,10H2,(H,21,22)(H,25,26). The van der Waals surface area contributed by atoms with E-state index in [0.717, 1.165) is 51.4 Å². The number of aromatic amines is 1. The second-order valence-electron chi connectivity index (χ2n) is 8.00. The quantitative estimate of drug-likeness (QED) is 0.837. The van der Waals surface area contributed by atoms with Crippen molar-refractivity contribution in [2.75, 3.05) is 26.2 Å². The zero-order chi connectivity index (χ0) is 18.5. The van der Waals surface area contributed by atoms with Crippen LogP contribution in [0.25, 0.3) is 0 Å². The van der Waals surface area contributed by atoms with Gasteiger partial charge in [0.2, 0.25) is 0 Å². The van der Waals surface area contributed by atoms with Crippen molar-refractivity contribution in [3.63, 3.8) is 0 Å². The first-order valence-corrected chi connectivity index (χ1v) is 9.10. The van der Waals surface area contributed by atoms with Crippen molar-refractivity contribution < 1.29 is 23.1 Å². The number of rotatable bonds is 2. The number of hydrogen-bond acceptors (Lipinski definition) is 3. The van der Waals surface area contributed by atoms with Gasteiger partial charge in [0.05, 0.1) is 0 Å². The van der Waals surface area contributed by atoms with Crippen LogP contribution in [-0.4, -0.2) is 63.2 Å². The number of likely N-dealkylation sites (tertiary alicyclic amines) is 2. The molecule has 1 aliphatic carbocycles. The maximum atomic E-state index is 12.7. The maximum absolute atomic E-state index is 12.7. The van der Waals surface area contributed by atoms with Crippen LogP contribution in [0.1, 0.15) is 49.5 Å². The van der Waals surface area contributed by atoms with E-state index in [2.05, 4.69) is 14.9 Å². The lowest BCUT2D eigenvalue weighted by molar-refractivity contribution is -0.141. The Labute approximate surface area is 149 Å². The smallest absolute Gasteiger partial charge is 0.434 e. The first-order valence-electron chi connectivity index (χ1n) is 9.10. The molecular weight excluding hydrogens is 349 g/mol. The highest BCUT2D eigenvalue weighted by atomic mass is 19.4. The summed E-state index contributed by atoms with van der Waals surface area (Å²) < 4.78 is 38.0. The molecule has 6 nitrogen and oxygen atoms in total. The van der Waals surface area contributed by atoms with Crippen LogP contribution in [0, 0.1) is 5.41 Å². The first-order chi connectivity index (χ1) is 12.3. The molecule has 2 N–H and O–H groups in total. The Kier molecular flexibility index (Phi) is 4.17. The third-order valence-corrected chi connectivity index (χ3v) is 6.37. The molecule has 1 aromatic rings. The number of nitrogens with zero attached hydrogens (tertiary/aromatic N) is 3. The van der Waals surface area contributed by atoms with Crippen LogP contribution in [0.5, 0.6) is 0 Å². The highest BCUT2D eigenvalue weighted by molar-refractivity contribution is 5.65. The summed E-state index contributed by atoms with van der Waals surface area (Å²) in [6.45, 7) is 2.98. The molecule has 3 heterocycles. The van der Waals surface area contributed by atoms with Gasteiger partial charge < -0.3 is 19.9 Å². The molecule has 3 fully saturated rings. The SMILES string of the molecule is O=C(O)N1CCC2(CC(N3CCC(c4nc(C(F)(F)F)c[nH]4)CC3)C2)C1. The molecule has 1 aromatic heterocycles. The minimum absolute atomic E-state index is 0.0466. The summed E-state index contributed by atoms with van der Waals surface area (Å²) in [6, 6.07) is 0.479. The van der Waals surface area contributed by atoms with Crippen molar-refractivity contribution in [3.8, 4) is 0 Å². The van der Waals surface area contributed by atoms with Gasteiger partial charge in [-0.05, 0) is 50.6 Å². The molecule has 0 atom stereocenters. The van der Waals surface area contributed by atoms with E-state index in [1.54, 1.807) is 0 Å². The van der Waals surface area contributed by atoms with Gasteiger partial charge in [-0.15, -0.1) is 0 Å². The van der Waals surface area contributed by atoms with E-state index in [0.29, 0.717) is 25.0 Å². The Bertz CT molecular complexity index is 676. The van der Waals surface area contributed by atoms with Gasteiger partial charge in [0.15, 0.2) is 5.69 Å². The number of alkyl halides is 3. The van der Waals surface area contributed by atoms with Gasteiger partial charge in [0.1, 0.15) is 5.82 Å². The average molecular weight is 372 g/mol. The van der Waals surface area contributed by atoms with Crippen molar-refractivity contribution in [1.29, 1.82) is 0 Å². The monoisotopic (exact) mass is 372 g/mol. The second kappa shape index (κ2) is 6.14. The van der Waals surface area contributed by atoms with Crippen LogP contribution in [0.15, 0.2) is 6.20 Å². The Balaban J connectivity index is 1.28. The van der Waals surface area contributed by atoms with E-state index in [1.165, 1.54) is 4.90 Å². The van der Waals surface area contributed by atoms with E-state index in [4.69, 9.17) is 5.11 Å². The first kappa shape index (κ1) is 17.6. The van der Waals surface area contributed by atoms with Crippen LogP contribution in [0.2, 0.25) is 0 Å². The number of piperidine rings is 1. The van der Waals surface area contributed by atoms with Gasteiger partial charge in [-0.3, -0.25) is 0 Å². The zero-order valence-electron chi connectivity index (χ0n) is 14.4. The Hall–Kier alpha value is -1.77. The van der Waals surface area contributed by atoms with E-state index in [-0.39, 0.29) is 11.3 Å². The van der Waals surface area contributed by atoms with E-state index in [1.807, 2.05) is 0 Å². The fraction of sp³-hybridized carbons (Fsp3) is 0.765. The highest BCUT2D eigenvalue weighted by Crippen LogP contribution is 2.50. The molecule has 26 heavy (non-hydrogen) atoms. The number of nitrogens with one attached hydrogen (secondary N) is 1. The van der Waals surface area contributed by atoms with Crippen molar-refractivity contribution in [2.24, 2.45) is 5.41 Å². The topological polar surface area (TPSA) is 72.5 Å². The number of amides is 1. The molecule has 1 spiro atoms. The Morgan fingerprint density at radius 2 is 1.96 bits per heavy atom. The lowest BCUT2D eigenvalue weighted by Gasteiger charge is -2.51. The van der Waals surface area contributed by atoms with E-state index >= 15 is 0 Å². The highest BCUT2D eigenvalue weighted by Gasteiger charge is 2.51. The zero-order valence-corrected chi connectivity index (χ0v) is 14.4. The van der Waals surface area contributed by atoms with E-state index in [9.17, 15) is 18.0 Å². The molecule has 3 aliphatic rings. The largest absolute Gasteiger partial charge is 0.465 e. The van der Waals surface area contributed by atoms with E-state index < -0.39 is 18.0 Å². The van der Waals surface area contributed by atoms with Crippen LogP contribution < -0.4 is 0 Å². The minimum atomic E-state index is -4.40. The molecule has 1 amide bonds. The number of carbonyl (C=O) groups is 1. The normalized spacial score (nSPS) is 30.7. The summed E-state index contributed by atoms with van der Waals surface area (Å²) in [4.78, 5) is 21.4. The summed E-state index contributed by atoms with van der Waals surface area (Å²) in [5, 5.41) is 9.11. The van der Waals surface area contributed by atoms with Gasteiger partial charge in [-0.1, -0.05) is 0 Å². The number of aromatic nitrogens is 2. The summed E-state index contributed by atoms with van der Waals surface area (Å²) in [5.74, 6) is 0.486. The van der Waals surface area contributed by atoms with Gasteiger partial charge in [-0.25, -0.2) is 9.78 Å². The van der Waals surface area contributed by atoms with Crippen molar-refractivity contribution in [1.82, 2.24) is 19.8 Å². The van der Waals surface area contributed by atoms with Gasteiger partial charge in [0, 0.05) is 31.2 Å². The van der Waals surface area contributed by atoms with Gasteiger partial charge >= 0.3 is 12.3 Å². The summed E-state index contributed by atoms with van der Waals surface area (Å²) in [5.41, 5.74) is -0.692. The van der Waals surface area contributed by atoms with Crippen molar-refractivity contribution >= 4 is 6.09 Å². The predicted molar refractivity (Wildman–Crippen MR) is 86.8 cm³/mol. The lowest BCUT2D eigenvalue weighted by atomic mass is 9.64. The molecule has 144 valence electrons. The molecule has 0 radical (unpaired) electrons. The van der Waals surface area contributed by atoms with Crippen LogP contribution in [0.4, 0.5) is 18.0 Å².